The van der Waals surface area contributed by atoms with Gasteiger partial charge in [0.15, 0.2) is 0 Å². The summed E-state index contributed by atoms with van der Waals surface area (Å²) in [6, 6.07) is 0. The second-order valence-corrected chi connectivity index (χ2v) is 22.9. The predicted octanol–water partition coefficient (Wildman–Crippen LogP) is 7.69. The van der Waals surface area contributed by atoms with Crippen LogP contribution in [0.15, 0.2) is 0 Å². The molecule has 0 aromatic rings. The van der Waals surface area contributed by atoms with E-state index in [1.54, 1.807) is 0 Å². The van der Waals surface area contributed by atoms with Crippen LogP contribution in [0.3, 0.4) is 0 Å². The van der Waals surface area contributed by atoms with Crippen LogP contribution in [0.1, 0.15) is 123 Å². The molecule has 0 amide bonds. The lowest BCUT2D eigenvalue weighted by Gasteiger charge is -2.36. The fourth-order valence-electron chi connectivity index (χ4n) is 7.38. The quantitative estimate of drug-likeness (QED) is 0.307. The number of piperazine rings is 2. The molecule has 0 unspecified atom stereocenters. The van der Waals surface area contributed by atoms with E-state index in [1.165, 1.54) is 97.8 Å². The molecule has 8 heteroatoms. The number of hydrogen-bond acceptors (Lipinski definition) is 8. The maximum Gasteiger partial charge on any atom is 0.0594 e. The maximum absolute atomic E-state index is 5.27. The van der Waals surface area contributed by atoms with Crippen LogP contribution in [0, 0.1) is 27.1 Å². The molecule has 4 aliphatic heterocycles. The number of rotatable bonds is 5. The molecule has 0 radical (unpaired) electrons. The van der Waals surface area contributed by atoms with Gasteiger partial charge in [0.25, 0.3) is 0 Å². The van der Waals surface area contributed by atoms with Crippen molar-refractivity contribution in [3.05, 3.63) is 0 Å². The second-order valence-electron chi connectivity index (χ2n) is 22.9. The van der Waals surface area contributed by atoms with Crippen LogP contribution < -0.4 is 5.32 Å². The Hall–Kier alpha value is -0.320. The minimum absolute atomic E-state index is 0.428. The van der Waals surface area contributed by atoms with Gasteiger partial charge in [0, 0.05) is 98.2 Å². The Morgan fingerprint density at radius 1 is 0.434 bits per heavy atom. The van der Waals surface area contributed by atoms with Gasteiger partial charge in [-0.25, -0.2) is 0 Å². The summed E-state index contributed by atoms with van der Waals surface area (Å²) in [7, 11) is 6.41. The zero-order chi connectivity index (χ0) is 40.9. The molecule has 0 aromatic carbocycles. The number of morpholine rings is 1. The molecule has 8 nitrogen and oxygen atoms in total. The molecule has 0 bridgehead atoms. The van der Waals surface area contributed by atoms with E-state index in [-0.39, 0.29) is 0 Å². The fraction of sp³-hybridized carbons (Fsp3) is 1.00. The van der Waals surface area contributed by atoms with Gasteiger partial charge in [0.2, 0.25) is 0 Å². The van der Waals surface area contributed by atoms with Gasteiger partial charge in [-0.3, -0.25) is 4.90 Å². The van der Waals surface area contributed by atoms with E-state index >= 15 is 0 Å². The Balaban J connectivity index is 0.000000642. The fourth-order valence-corrected chi connectivity index (χ4v) is 7.38. The number of likely N-dealkylation sites (tertiary alicyclic amines) is 1. The topological polar surface area (TPSA) is 40.7 Å². The summed E-state index contributed by atoms with van der Waals surface area (Å²) in [6.07, 6.45) is 4.27. The van der Waals surface area contributed by atoms with Crippen molar-refractivity contribution >= 4 is 0 Å². The lowest BCUT2D eigenvalue weighted by atomic mass is 9.95. The van der Waals surface area contributed by atoms with Gasteiger partial charge in [-0.2, -0.15) is 0 Å². The van der Waals surface area contributed by atoms with Gasteiger partial charge in [0.1, 0.15) is 0 Å². The largest absolute Gasteiger partial charge is 0.379 e. The van der Waals surface area contributed by atoms with Gasteiger partial charge < -0.3 is 34.6 Å². The Kier molecular flexibility index (Phi) is 25.7. The first-order valence-electron chi connectivity index (χ1n) is 21.6. The molecule has 4 heterocycles. The molecule has 4 rings (SSSR count). The summed E-state index contributed by atoms with van der Waals surface area (Å²) in [5.41, 5.74) is 2.27. The molecule has 320 valence electrons. The van der Waals surface area contributed by atoms with Gasteiger partial charge in [-0.15, -0.1) is 0 Å². The van der Waals surface area contributed by atoms with E-state index in [4.69, 9.17) is 4.74 Å². The Morgan fingerprint density at radius 3 is 1.09 bits per heavy atom. The van der Waals surface area contributed by atoms with Crippen molar-refractivity contribution in [3.63, 3.8) is 0 Å². The van der Waals surface area contributed by atoms with E-state index in [1.807, 2.05) is 0 Å². The van der Waals surface area contributed by atoms with Gasteiger partial charge >= 0.3 is 0 Å². The first-order valence-corrected chi connectivity index (χ1v) is 21.6. The monoisotopic (exact) mass is 754 g/mol. The van der Waals surface area contributed by atoms with Crippen molar-refractivity contribution in [3.8, 4) is 0 Å². The van der Waals surface area contributed by atoms with E-state index in [0.717, 1.165) is 45.9 Å². The van der Waals surface area contributed by atoms with Crippen molar-refractivity contribution in [1.82, 2.24) is 34.7 Å². The van der Waals surface area contributed by atoms with E-state index in [2.05, 4.69) is 160 Å². The zero-order valence-electron chi connectivity index (χ0n) is 39.6. The lowest BCUT2D eigenvalue weighted by Crippen LogP contribution is -2.47. The summed E-state index contributed by atoms with van der Waals surface area (Å²) in [5.74, 6) is 0. The summed E-state index contributed by atoms with van der Waals surface area (Å²) >= 11 is 0. The first-order chi connectivity index (χ1) is 24.1. The van der Waals surface area contributed by atoms with Gasteiger partial charge in [-0.05, 0) is 74.1 Å². The van der Waals surface area contributed by atoms with Gasteiger partial charge in [-0.1, -0.05) is 110 Å². The average molecular weight is 754 g/mol. The Morgan fingerprint density at radius 2 is 0.774 bits per heavy atom. The SMILES string of the molecule is CC(C)(C)CN1CCCCC1.CC(C)(C)CN1CCNCC1.CC(C)(C)CN1CCOCC1.CN(C)CC(C)(C)C.CN1CCN(CC(C)(C)C)CC1. The normalized spacial score (nSPS) is 20.9. The summed E-state index contributed by atoms with van der Waals surface area (Å²) in [6.45, 7) is 56.9. The molecule has 0 saturated carbocycles. The molecule has 0 atom stereocenters. The zero-order valence-corrected chi connectivity index (χ0v) is 39.6. The van der Waals surface area contributed by atoms with E-state index in [0.29, 0.717) is 27.1 Å². The number of nitrogens with zero attached hydrogens (tertiary/aromatic N) is 6. The number of likely N-dealkylation sites (N-methyl/N-ethyl adjacent to an activating group) is 1. The van der Waals surface area contributed by atoms with Crippen LogP contribution >= 0.6 is 0 Å². The van der Waals surface area contributed by atoms with Crippen LogP contribution in [0.4, 0.5) is 0 Å². The highest BCUT2D eigenvalue weighted by Crippen LogP contribution is 2.19. The van der Waals surface area contributed by atoms with Crippen LogP contribution in [-0.2, 0) is 4.74 Å². The number of ether oxygens (including phenoxy) is 1. The minimum Gasteiger partial charge on any atom is -0.379 e. The highest BCUT2D eigenvalue weighted by molar-refractivity contribution is 4.76. The highest BCUT2D eigenvalue weighted by atomic mass is 16.5. The van der Waals surface area contributed by atoms with Crippen LogP contribution in [0.25, 0.3) is 0 Å². The smallest absolute Gasteiger partial charge is 0.0594 e. The average Bonchev–Trinajstić information content (AvgIpc) is 2.97. The molecular formula is C45H99N7O. The summed E-state index contributed by atoms with van der Waals surface area (Å²) in [4.78, 5) is 14.8. The van der Waals surface area contributed by atoms with E-state index in [9.17, 15) is 0 Å². The Labute approximate surface area is 334 Å². The molecule has 53 heavy (non-hydrogen) atoms. The predicted molar refractivity (Wildman–Crippen MR) is 237 cm³/mol. The van der Waals surface area contributed by atoms with Crippen molar-refractivity contribution in [2.75, 3.05) is 146 Å². The van der Waals surface area contributed by atoms with Crippen LogP contribution in [-0.4, -0.2) is 175 Å². The third kappa shape index (κ3) is 37.0. The first kappa shape index (κ1) is 52.7. The summed E-state index contributed by atoms with van der Waals surface area (Å²) < 4.78 is 5.27. The molecule has 4 fully saturated rings. The molecule has 0 aliphatic carbocycles. The minimum atomic E-state index is 0.428. The molecule has 0 aromatic heterocycles. The Bertz CT molecular complexity index is 778. The van der Waals surface area contributed by atoms with Crippen molar-refractivity contribution in [1.29, 1.82) is 0 Å². The molecule has 0 spiro atoms. The molecular weight excluding hydrogens is 655 g/mol. The second kappa shape index (κ2) is 25.8. The lowest BCUT2D eigenvalue weighted by molar-refractivity contribution is 0.0236. The molecule has 4 saturated heterocycles. The molecule has 1 N–H and O–H groups in total. The standard InChI is InChI=1S/C10H22N2.C10H21N.C9H20N2.C9H19NO.C7H17N/c1-10(2,3)9-12-7-5-11(4)6-8-12;1-10(2,3)9-11-7-5-4-6-8-11;1-9(2,3)8-11-6-4-10-5-7-11;1-9(2,3)8-10-4-6-11-7-5-10;1-7(2,3)6-8(4)5/h5-9H2,1-4H3;4-9H2,1-3H3;10H,4-8H2,1-3H3;4-8H2,1-3H3;6H2,1-5H3. The van der Waals surface area contributed by atoms with Gasteiger partial charge in [0.05, 0.1) is 13.2 Å². The van der Waals surface area contributed by atoms with Crippen molar-refractivity contribution in [2.45, 2.75) is 123 Å². The van der Waals surface area contributed by atoms with E-state index < -0.39 is 0 Å². The number of piperidine rings is 1. The highest BCUT2D eigenvalue weighted by Gasteiger charge is 2.21. The number of hydrogen-bond donors (Lipinski definition) is 1. The van der Waals surface area contributed by atoms with Crippen LogP contribution in [0.5, 0.6) is 0 Å². The molecule has 4 aliphatic rings. The maximum atomic E-state index is 5.27. The summed E-state index contributed by atoms with van der Waals surface area (Å²) in [5, 5.41) is 3.36. The third-order valence-electron chi connectivity index (χ3n) is 8.94. The van der Waals surface area contributed by atoms with Crippen LogP contribution in [0.2, 0.25) is 0 Å². The van der Waals surface area contributed by atoms with Crippen molar-refractivity contribution in [2.24, 2.45) is 27.1 Å². The van der Waals surface area contributed by atoms with Crippen molar-refractivity contribution < 1.29 is 4.74 Å². The third-order valence-corrected chi connectivity index (χ3v) is 8.94. The number of nitrogens with one attached hydrogen (secondary N) is 1.